The molecule has 112 valence electrons. The molecule has 1 fully saturated rings. The Bertz CT molecular complexity index is 730. The molecule has 1 N–H and O–H groups in total. The lowest BCUT2D eigenvalue weighted by Crippen LogP contribution is -2.39. The fraction of sp³-hybridized carbons (Fsp3) is 0.429. The summed E-state index contributed by atoms with van der Waals surface area (Å²) in [5.74, 6) is -2.30. The highest BCUT2D eigenvalue weighted by Gasteiger charge is 2.45. The molecule has 0 saturated heterocycles. The molecule has 0 atom stereocenters. The maximum absolute atomic E-state index is 13.3. The summed E-state index contributed by atoms with van der Waals surface area (Å²) >= 11 is 0. The maximum atomic E-state index is 13.3. The van der Waals surface area contributed by atoms with E-state index in [0.717, 1.165) is 11.0 Å². The lowest BCUT2D eigenvalue weighted by atomic mass is 9.78. The molecular formula is C14H13F3N2O2. The summed E-state index contributed by atoms with van der Waals surface area (Å²) in [6.07, 6.45) is -2.52. The average Bonchev–Trinajstić information content (AvgIpc) is 2.75. The minimum atomic E-state index is -4.62. The van der Waals surface area contributed by atoms with E-state index in [2.05, 4.69) is 4.98 Å². The first-order valence-electron chi connectivity index (χ1n) is 6.56. The van der Waals surface area contributed by atoms with Crippen LogP contribution in [0.25, 0.3) is 11.0 Å². The molecule has 1 aromatic carbocycles. The Morgan fingerprint density at radius 2 is 2.05 bits per heavy atom. The van der Waals surface area contributed by atoms with Gasteiger partial charge in [-0.15, -0.1) is 0 Å². The van der Waals surface area contributed by atoms with Crippen molar-refractivity contribution in [2.45, 2.75) is 37.9 Å². The van der Waals surface area contributed by atoms with Crippen LogP contribution in [0, 0.1) is 0 Å². The van der Waals surface area contributed by atoms with Gasteiger partial charge in [0.15, 0.2) is 0 Å². The van der Waals surface area contributed by atoms with Crippen LogP contribution in [0.3, 0.4) is 0 Å². The number of benzene rings is 1. The van der Waals surface area contributed by atoms with Crippen LogP contribution in [-0.2, 0) is 11.7 Å². The predicted molar refractivity (Wildman–Crippen MR) is 69.2 cm³/mol. The number of alkyl halides is 3. The van der Waals surface area contributed by atoms with Gasteiger partial charge in [0, 0.05) is 5.54 Å². The Labute approximate surface area is 118 Å². The topological polar surface area (TPSA) is 55.1 Å². The molecule has 1 aliphatic carbocycles. The van der Waals surface area contributed by atoms with Gasteiger partial charge in [0.05, 0.1) is 11.1 Å². The SMILES string of the molecule is CC1(n2c(C(F)(F)F)nc3c(C(=O)O)cccc32)CCC1. The van der Waals surface area contributed by atoms with Crippen LogP contribution in [0.5, 0.6) is 0 Å². The van der Waals surface area contributed by atoms with Crippen molar-refractivity contribution in [3.05, 3.63) is 29.6 Å². The van der Waals surface area contributed by atoms with E-state index < -0.39 is 23.5 Å². The first kappa shape index (κ1) is 13.9. The van der Waals surface area contributed by atoms with Crippen molar-refractivity contribution in [2.75, 3.05) is 0 Å². The van der Waals surface area contributed by atoms with Crippen LogP contribution < -0.4 is 0 Å². The van der Waals surface area contributed by atoms with Gasteiger partial charge in [-0.25, -0.2) is 9.78 Å². The molecule has 3 rings (SSSR count). The van der Waals surface area contributed by atoms with Crippen molar-refractivity contribution in [1.29, 1.82) is 0 Å². The fourth-order valence-electron chi connectivity index (χ4n) is 2.92. The normalized spacial score (nSPS) is 17.7. The number of carbonyl (C=O) groups is 1. The van der Waals surface area contributed by atoms with Gasteiger partial charge < -0.3 is 9.67 Å². The van der Waals surface area contributed by atoms with Gasteiger partial charge in [0.1, 0.15) is 5.52 Å². The molecule has 0 spiro atoms. The first-order valence-corrected chi connectivity index (χ1v) is 6.56. The van der Waals surface area contributed by atoms with Crippen LogP contribution >= 0.6 is 0 Å². The van der Waals surface area contributed by atoms with E-state index in [4.69, 9.17) is 5.11 Å². The number of carboxylic acid groups (broad SMARTS) is 1. The highest BCUT2D eigenvalue weighted by Crippen LogP contribution is 2.45. The molecular weight excluding hydrogens is 285 g/mol. The van der Waals surface area contributed by atoms with E-state index >= 15 is 0 Å². The molecule has 1 saturated carbocycles. The summed E-state index contributed by atoms with van der Waals surface area (Å²) < 4.78 is 41.0. The molecule has 1 aromatic heterocycles. The zero-order valence-corrected chi connectivity index (χ0v) is 11.2. The number of rotatable bonds is 2. The molecule has 4 nitrogen and oxygen atoms in total. The zero-order chi connectivity index (χ0) is 15.4. The van der Waals surface area contributed by atoms with Crippen LogP contribution in [0.2, 0.25) is 0 Å². The molecule has 21 heavy (non-hydrogen) atoms. The van der Waals surface area contributed by atoms with Gasteiger partial charge in [-0.2, -0.15) is 13.2 Å². The summed E-state index contributed by atoms with van der Waals surface area (Å²) in [6, 6.07) is 4.21. The monoisotopic (exact) mass is 298 g/mol. The second-order valence-corrected chi connectivity index (χ2v) is 5.60. The van der Waals surface area contributed by atoms with E-state index in [1.165, 1.54) is 18.2 Å². The number of nitrogens with zero attached hydrogens (tertiary/aromatic N) is 2. The molecule has 0 amide bonds. The third-order valence-electron chi connectivity index (χ3n) is 4.14. The van der Waals surface area contributed by atoms with Crippen LogP contribution in [0.1, 0.15) is 42.4 Å². The lowest BCUT2D eigenvalue weighted by molar-refractivity contribution is -0.150. The molecule has 0 unspecified atom stereocenters. The Hall–Kier alpha value is -2.05. The van der Waals surface area contributed by atoms with E-state index in [1.54, 1.807) is 6.92 Å². The molecule has 0 bridgehead atoms. The third-order valence-corrected chi connectivity index (χ3v) is 4.14. The van der Waals surface area contributed by atoms with Crippen molar-refractivity contribution < 1.29 is 23.1 Å². The Kier molecular flexibility index (Phi) is 2.80. The van der Waals surface area contributed by atoms with Crippen molar-refractivity contribution in [3.8, 4) is 0 Å². The number of aromatic nitrogens is 2. The Morgan fingerprint density at radius 1 is 1.38 bits per heavy atom. The number of halogens is 3. The lowest BCUT2D eigenvalue weighted by Gasteiger charge is -2.41. The van der Waals surface area contributed by atoms with Gasteiger partial charge in [-0.3, -0.25) is 0 Å². The number of hydrogen-bond donors (Lipinski definition) is 1. The highest BCUT2D eigenvalue weighted by molar-refractivity contribution is 6.01. The van der Waals surface area contributed by atoms with E-state index in [0.29, 0.717) is 12.8 Å². The molecule has 0 radical (unpaired) electrons. The molecule has 2 aromatic rings. The number of fused-ring (bicyclic) bond motifs is 1. The standard InChI is InChI=1S/C14H13F3N2O2/c1-13(6-3-7-13)19-9-5-2-4-8(11(20)21)10(9)18-12(19)14(15,16)17/h2,4-5H,3,6-7H2,1H3,(H,20,21). The van der Waals surface area contributed by atoms with Crippen LogP contribution in [0.15, 0.2) is 18.2 Å². The maximum Gasteiger partial charge on any atom is 0.449 e. The summed E-state index contributed by atoms with van der Waals surface area (Å²) in [6.45, 7) is 1.75. The quantitative estimate of drug-likeness (QED) is 0.920. The van der Waals surface area contributed by atoms with Crippen LogP contribution in [-0.4, -0.2) is 20.6 Å². The Balaban J connectivity index is 2.37. The molecule has 0 aliphatic heterocycles. The second-order valence-electron chi connectivity index (χ2n) is 5.60. The number of hydrogen-bond acceptors (Lipinski definition) is 2. The summed E-state index contributed by atoms with van der Waals surface area (Å²) in [4.78, 5) is 14.8. The van der Waals surface area contributed by atoms with Gasteiger partial charge in [-0.1, -0.05) is 6.07 Å². The van der Waals surface area contributed by atoms with Gasteiger partial charge in [0.2, 0.25) is 5.82 Å². The van der Waals surface area contributed by atoms with E-state index in [-0.39, 0.29) is 16.6 Å². The van der Waals surface area contributed by atoms with Crippen molar-refractivity contribution >= 4 is 17.0 Å². The fourth-order valence-corrected chi connectivity index (χ4v) is 2.92. The van der Waals surface area contributed by atoms with Crippen LogP contribution in [0.4, 0.5) is 13.2 Å². The minimum Gasteiger partial charge on any atom is -0.478 e. The predicted octanol–water partition coefficient (Wildman–Crippen LogP) is 3.65. The molecule has 1 aliphatic rings. The van der Waals surface area contributed by atoms with Crippen molar-refractivity contribution in [1.82, 2.24) is 9.55 Å². The number of para-hydroxylation sites is 1. The smallest absolute Gasteiger partial charge is 0.449 e. The van der Waals surface area contributed by atoms with Crippen molar-refractivity contribution in [3.63, 3.8) is 0 Å². The van der Waals surface area contributed by atoms with E-state index in [9.17, 15) is 18.0 Å². The van der Waals surface area contributed by atoms with Gasteiger partial charge >= 0.3 is 12.1 Å². The third kappa shape index (κ3) is 1.99. The number of aromatic carboxylic acids is 1. The number of carboxylic acids is 1. The zero-order valence-electron chi connectivity index (χ0n) is 11.2. The largest absolute Gasteiger partial charge is 0.478 e. The van der Waals surface area contributed by atoms with Crippen molar-refractivity contribution in [2.24, 2.45) is 0 Å². The second kappa shape index (κ2) is 4.22. The average molecular weight is 298 g/mol. The number of imidazole rings is 1. The highest BCUT2D eigenvalue weighted by atomic mass is 19.4. The molecule has 1 heterocycles. The summed E-state index contributed by atoms with van der Waals surface area (Å²) in [5.41, 5.74) is -0.744. The van der Waals surface area contributed by atoms with E-state index in [1.807, 2.05) is 0 Å². The summed E-state index contributed by atoms with van der Waals surface area (Å²) in [5, 5.41) is 9.13. The van der Waals surface area contributed by atoms with Gasteiger partial charge in [0.25, 0.3) is 0 Å². The first-order chi connectivity index (χ1) is 9.74. The Morgan fingerprint density at radius 3 is 2.52 bits per heavy atom. The summed E-state index contributed by atoms with van der Waals surface area (Å²) in [7, 11) is 0. The minimum absolute atomic E-state index is 0.106. The van der Waals surface area contributed by atoms with Gasteiger partial charge in [-0.05, 0) is 38.3 Å². The molecule has 7 heteroatoms.